The summed E-state index contributed by atoms with van der Waals surface area (Å²) in [4.78, 5) is 41.5. The number of thioether (sulfide) groups is 1. The molecular formula is C24H25N3O6S. The van der Waals surface area contributed by atoms with Gasteiger partial charge in [-0.1, -0.05) is 12.1 Å². The van der Waals surface area contributed by atoms with Crippen molar-refractivity contribution in [2.45, 2.75) is 0 Å². The third-order valence-corrected chi connectivity index (χ3v) is 6.34. The third kappa shape index (κ3) is 5.18. The average molecular weight is 484 g/mol. The number of hydrogen-bond donors (Lipinski definition) is 1. The Morgan fingerprint density at radius 3 is 2.62 bits per heavy atom. The highest BCUT2D eigenvalue weighted by molar-refractivity contribution is 8.18. The lowest BCUT2D eigenvalue weighted by Crippen LogP contribution is -2.38. The van der Waals surface area contributed by atoms with Crippen LogP contribution < -0.4 is 19.7 Å². The number of rotatable bonds is 7. The van der Waals surface area contributed by atoms with Crippen LogP contribution in [0.15, 0.2) is 47.4 Å². The summed E-state index contributed by atoms with van der Waals surface area (Å²) in [5, 5.41) is 2.34. The van der Waals surface area contributed by atoms with Gasteiger partial charge in [-0.15, -0.1) is 0 Å². The SMILES string of the molecule is COc1ccc(/C=C2/SC(=O)N(CC(=O)Nc3ccccc3N3CCOCC3)C2=O)c(OC)c1. The summed E-state index contributed by atoms with van der Waals surface area (Å²) in [6, 6.07) is 12.6. The Morgan fingerprint density at radius 2 is 1.88 bits per heavy atom. The van der Waals surface area contributed by atoms with Crippen molar-refractivity contribution < 1.29 is 28.6 Å². The molecule has 2 aliphatic rings. The van der Waals surface area contributed by atoms with Crippen LogP contribution in [0.25, 0.3) is 6.08 Å². The summed E-state index contributed by atoms with van der Waals surface area (Å²) < 4.78 is 15.9. The van der Waals surface area contributed by atoms with Gasteiger partial charge in [-0.2, -0.15) is 0 Å². The second kappa shape index (κ2) is 10.6. The Kier molecular flexibility index (Phi) is 7.39. The molecule has 4 rings (SSSR count). The maximum Gasteiger partial charge on any atom is 0.294 e. The molecule has 2 aromatic rings. The van der Waals surface area contributed by atoms with Crippen LogP contribution in [0.2, 0.25) is 0 Å². The molecule has 2 fully saturated rings. The van der Waals surface area contributed by atoms with Crippen molar-refractivity contribution in [3.8, 4) is 11.5 Å². The summed E-state index contributed by atoms with van der Waals surface area (Å²) in [6.07, 6.45) is 1.58. The number of methoxy groups -OCH3 is 2. The van der Waals surface area contributed by atoms with Gasteiger partial charge in [-0.05, 0) is 42.1 Å². The molecule has 10 heteroatoms. The third-order valence-electron chi connectivity index (χ3n) is 5.43. The van der Waals surface area contributed by atoms with Crippen LogP contribution in [0.1, 0.15) is 5.56 Å². The molecule has 3 amide bonds. The molecule has 2 aromatic carbocycles. The number of nitrogens with one attached hydrogen (secondary N) is 1. The van der Waals surface area contributed by atoms with Crippen LogP contribution in [-0.2, 0) is 14.3 Å². The van der Waals surface area contributed by atoms with Gasteiger partial charge < -0.3 is 24.4 Å². The van der Waals surface area contributed by atoms with Crippen molar-refractivity contribution in [2.24, 2.45) is 0 Å². The molecule has 0 aromatic heterocycles. The van der Waals surface area contributed by atoms with Gasteiger partial charge in [0.25, 0.3) is 11.1 Å². The summed E-state index contributed by atoms with van der Waals surface area (Å²) >= 11 is 0.790. The second-order valence-corrected chi connectivity index (χ2v) is 8.53. The number of imide groups is 1. The van der Waals surface area contributed by atoms with Crippen LogP contribution in [-0.4, -0.2) is 69.0 Å². The maximum absolute atomic E-state index is 12.9. The Labute approximate surface area is 201 Å². The number of ether oxygens (including phenoxy) is 3. The molecule has 2 saturated heterocycles. The fourth-order valence-electron chi connectivity index (χ4n) is 3.71. The Morgan fingerprint density at radius 1 is 1.12 bits per heavy atom. The monoisotopic (exact) mass is 483 g/mol. The van der Waals surface area contributed by atoms with E-state index in [4.69, 9.17) is 14.2 Å². The molecule has 0 atom stereocenters. The minimum Gasteiger partial charge on any atom is -0.497 e. The highest BCUT2D eigenvalue weighted by Crippen LogP contribution is 2.35. The normalized spacial score (nSPS) is 17.3. The molecule has 1 N–H and O–H groups in total. The molecule has 0 aliphatic carbocycles. The standard InChI is InChI=1S/C24H25N3O6S/c1-31-17-8-7-16(20(14-17)32-2)13-21-23(29)27(24(30)34-21)15-22(28)25-18-5-3-4-6-19(18)26-9-11-33-12-10-26/h3-8,13-14H,9-12,15H2,1-2H3,(H,25,28)/b21-13+. The molecule has 0 bridgehead atoms. The summed E-state index contributed by atoms with van der Waals surface area (Å²) in [5.41, 5.74) is 2.12. The number of morpholine rings is 1. The zero-order chi connectivity index (χ0) is 24.1. The van der Waals surface area contributed by atoms with Gasteiger partial charge in [0.15, 0.2) is 0 Å². The van der Waals surface area contributed by atoms with E-state index in [2.05, 4.69) is 10.2 Å². The van der Waals surface area contributed by atoms with E-state index < -0.39 is 17.1 Å². The molecule has 0 unspecified atom stereocenters. The van der Waals surface area contributed by atoms with E-state index in [9.17, 15) is 14.4 Å². The van der Waals surface area contributed by atoms with E-state index >= 15 is 0 Å². The average Bonchev–Trinajstić information content (AvgIpc) is 3.12. The fourth-order valence-corrected chi connectivity index (χ4v) is 4.54. The van der Waals surface area contributed by atoms with Crippen LogP contribution in [0.5, 0.6) is 11.5 Å². The van der Waals surface area contributed by atoms with E-state index in [1.165, 1.54) is 7.11 Å². The van der Waals surface area contributed by atoms with Crippen molar-refractivity contribution in [3.63, 3.8) is 0 Å². The lowest BCUT2D eigenvalue weighted by Gasteiger charge is -2.30. The summed E-state index contributed by atoms with van der Waals surface area (Å²) in [7, 11) is 3.06. The molecule has 34 heavy (non-hydrogen) atoms. The van der Waals surface area contributed by atoms with Crippen LogP contribution in [0, 0.1) is 0 Å². The molecule has 2 aliphatic heterocycles. The number of amides is 3. The predicted octanol–water partition coefficient (Wildman–Crippen LogP) is 3.22. The quantitative estimate of drug-likeness (QED) is 0.600. The zero-order valence-electron chi connectivity index (χ0n) is 18.9. The van der Waals surface area contributed by atoms with Crippen molar-refractivity contribution in [2.75, 3.05) is 57.3 Å². The largest absolute Gasteiger partial charge is 0.497 e. The van der Waals surface area contributed by atoms with E-state index in [0.717, 1.165) is 35.4 Å². The van der Waals surface area contributed by atoms with E-state index in [1.807, 2.05) is 18.2 Å². The number of benzene rings is 2. The van der Waals surface area contributed by atoms with Gasteiger partial charge in [-0.25, -0.2) is 0 Å². The fraction of sp³-hybridized carbons (Fsp3) is 0.292. The number of para-hydroxylation sites is 2. The molecule has 2 heterocycles. The summed E-state index contributed by atoms with van der Waals surface area (Å²) in [5.74, 6) is 0.135. The Balaban J connectivity index is 1.46. The van der Waals surface area contributed by atoms with Crippen molar-refractivity contribution in [1.29, 1.82) is 0 Å². The van der Waals surface area contributed by atoms with Gasteiger partial charge in [0.2, 0.25) is 5.91 Å². The number of carbonyl (C=O) groups is 3. The highest BCUT2D eigenvalue weighted by atomic mass is 32.2. The van der Waals surface area contributed by atoms with E-state index in [0.29, 0.717) is 36.0 Å². The van der Waals surface area contributed by atoms with Gasteiger partial charge in [0, 0.05) is 24.7 Å². The van der Waals surface area contributed by atoms with E-state index in [-0.39, 0.29) is 11.4 Å². The highest BCUT2D eigenvalue weighted by Gasteiger charge is 2.36. The first-order chi connectivity index (χ1) is 16.5. The van der Waals surface area contributed by atoms with Crippen molar-refractivity contribution in [3.05, 3.63) is 52.9 Å². The molecular weight excluding hydrogens is 458 g/mol. The number of anilines is 2. The molecule has 0 spiro atoms. The first kappa shape index (κ1) is 23.7. The Bertz CT molecular complexity index is 1130. The van der Waals surface area contributed by atoms with Crippen LogP contribution in [0.4, 0.5) is 16.2 Å². The molecule has 178 valence electrons. The zero-order valence-corrected chi connectivity index (χ0v) is 19.7. The van der Waals surface area contributed by atoms with Crippen molar-refractivity contribution in [1.82, 2.24) is 4.90 Å². The molecule has 0 radical (unpaired) electrons. The topological polar surface area (TPSA) is 97.4 Å². The second-order valence-electron chi connectivity index (χ2n) is 7.54. The molecule has 0 saturated carbocycles. The van der Waals surface area contributed by atoms with Crippen LogP contribution >= 0.6 is 11.8 Å². The van der Waals surface area contributed by atoms with Gasteiger partial charge >= 0.3 is 0 Å². The van der Waals surface area contributed by atoms with Gasteiger partial charge in [0.1, 0.15) is 18.0 Å². The lowest BCUT2D eigenvalue weighted by atomic mass is 10.1. The van der Waals surface area contributed by atoms with Crippen molar-refractivity contribution >= 4 is 46.3 Å². The summed E-state index contributed by atoms with van der Waals surface area (Å²) in [6.45, 7) is 2.29. The maximum atomic E-state index is 12.9. The van der Waals surface area contributed by atoms with E-state index in [1.54, 1.807) is 37.5 Å². The molecule has 9 nitrogen and oxygen atoms in total. The number of hydrogen-bond acceptors (Lipinski definition) is 8. The predicted molar refractivity (Wildman–Crippen MR) is 130 cm³/mol. The van der Waals surface area contributed by atoms with Gasteiger partial charge in [0.05, 0.1) is 43.7 Å². The first-order valence-electron chi connectivity index (χ1n) is 10.7. The number of nitrogens with zero attached hydrogens (tertiary/aromatic N) is 2. The van der Waals surface area contributed by atoms with Gasteiger partial charge in [-0.3, -0.25) is 19.3 Å². The number of carbonyl (C=O) groups excluding carboxylic acids is 3. The smallest absolute Gasteiger partial charge is 0.294 e. The lowest BCUT2D eigenvalue weighted by molar-refractivity contribution is -0.127. The minimum atomic E-state index is -0.524. The Hall–Kier alpha value is -3.50. The first-order valence-corrected chi connectivity index (χ1v) is 11.5. The minimum absolute atomic E-state index is 0.218. The van der Waals surface area contributed by atoms with Crippen LogP contribution in [0.3, 0.4) is 0 Å².